The van der Waals surface area contributed by atoms with Crippen LogP contribution in [0.1, 0.15) is 11.3 Å². The van der Waals surface area contributed by atoms with E-state index in [2.05, 4.69) is 24.5 Å². The lowest BCUT2D eigenvalue weighted by Gasteiger charge is -2.15. The van der Waals surface area contributed by atoms with E-state index in [4.69, 9.17) is 21.1 Å². The number of nitrogens with zero attached hydrogens (tertiary/aromatic N) is 2. The third-order valence-corrected chi connectivity index (χ3v) is 3.91. The zero-order valence-corrected chi connectivity index (χ0v) is 14.2. The summed E-state index contributed by atoms with van der Waals surface area (Å²) in [5.74, 6) is 2.07. The van der Waals surface area contributed by atoms with Gasteiger partial charge in [0.25, 0.3) is 0 Å². The predicted octanol–water partition coefficient (Wildman–Crippen LogP) is 3.01. The molecule has 1 aromatic heterocycles. The van der Waals surface area contributed by atoms with Crippen LogP contribution in [0.2, 0.25) is 5.28 Å². The predicted molar refractivity (Wildman–Crippen MR) is 88.7 cm³/mol. The second-order valence-corrected chi connectivity index (χ2v) is 5.39. The number of nitrogens with one attached hydrogen (secondary N) is 1. The second-order valence-electron chi connectivity index (χ2n) is 4.47. The van der Waals surface area contributed by atoms with Crippen molar-refractivity contribution in [3.8, 4) is 11.5 Å². The molecular formula is C14H17ClN3O2P. The fourth-order valence-corrected chi connectivity index (χ4v) is 2.48. The van der Waals surface area contributed by atoms with Crippen LogP contribution in [0.3, 0.4) is 0 Å². The monoisotopic (exact) mass is 325 g/mol. The third kappa shape index (κ3) is 3.36. The maximum Gasteiger partial charge on any atom is 0.224 e. The van der Waals surface area contributed by atoms with Crippen LogP contribution in [0.5, 0.6) is 11.5 Å². The number of anilines is 2. The topological polar surface area (TPSA) is 56.3 Å². The van der Waals surface area contributed by atoms with Crippen molar-refractivity contribution >= 4 is 37.7 Å². The molecule has 1 unspecified atom stereocenters. The van der Waals surface area contributed by atoms with Gasteiger partial charge in [-0.3, -0.25) is 0 Å². The van der Waals surface area contributed by atoms with Gasteiger partial charge in [0.1, 0.15) is 17.3 Å². The minimum Gasteiger partial charge on any atom is -0.496 e. The van der Waals surface area contributed by atoms with E-state index in [-0.39, 0.29) is 5.28 Å². The summed E-state index contributed by atoms with van der Waals surface area (Å²) in [6, 6.07) is 3.74. The molecule has 0 aliphatic carbocycles. The maximum absolute atomic E-state index is 5.92. The summed E-state index contributed by atoms with van der Waals surface area (Å²) in [5, 5.41) is 4.30. The fraction of sp³-hybridized carbons (Fsp3) is 0.286. The first-order chi connectivity index (χ1) is 9.96. The molecule has 5 nitrogen and oxygen atoms in total. The number of halogens is 1. The Bertz CT molecular complexity index is 655. The normalized spacial score (nSPS) is 10.4. The standard InChI is InChI=1S/C14H17ClN3O2P/c1-7-8(2)16-14(15)18-13(7)17-9-5-10(19-3)12(21)11(6-9)20-4/h5-6H,21H2,1-4H3,(H,16,17,18). The highest BCUT2D eigenvalue weighted by atomic mass is 35.5. The Balaban J connectivity index is 2.45. The molecule has 1 aromatic carbocycles. The molecule has 0 aliphatic heterocycles. The number of methoxy groups -OCH3 is 2. The van der Waals surface area contributed by atoms with Gasteiger partial charge in [0.05, 0.1) is 19.5 Å². The number of ether oxygens (including phenoxy) is 2. The molecule has 0 saturated carbocycles. The van der Waals surface area contributed by atoms with Gasteiger partial charge in [-0.2, -0.15) is 0 Å². The van der Waals surface area contributed by atoms with E-state index in [0.717, 1.165) is 22.2 Å². The molecule has 0 fully saturated rings. The lowest BCUT2D eigenvalue weighted by atomic mass is 10.2. The van der Waals surface area contributed by atoms with Crippen LogP contribution in [-0.4, -0.2) is 24.2 Å². The quantitative estimate of drug-likeness (QED) is 0.692. The first-order valence-electron chi connectivity index (χ1n) is 6.25. The molecule has 0 amide bonds. The molecular weight excluding hydrogens is 309 g/mol. The van der Waals surface area contributed by atoms with Crippen molar-refractivity contribution in [2.24, 2.45) is 0 Å². The van der Waals surface area contributed by atoms with E-state index in [0.29, 0.717) is 17.3 Å². The summed E-state index contributed by atoms with van der Waals surface area (Å²) in [5.41, 5.74) is 2.57. The molecule has 0 bridgehead atoms. The Hall–Kier alpha value is -1.58. The minimum atomic E-state index is 0.210. The van der Waals surface area contributed by atoms with Crippen LogP contribution in [-0.2, 0) is 0 Å². The van der Waals surface area contributed by atoms with Crippen LogP contribution in [0.25, 0.3) is 0 Å². The van der Waals surface area contributed by atoms with Gasteiger partial charge in [0.2, 0.25) is 5.28 Å². The number of aryl methyl sites for hydroxylation is 1. The van der Waals surface area contributed by atoms with E-state index in [1.165, 1.54) is 0 Å². The number of aromatic nitrogens is 2. The first-order valence-corrected chi connectivity index (χ1v) is 7.21. The third-order valence-electron chi connectivity index (χ3n) is 3.17. The molecule has 112 valence electrons. The van der Waals surface area contributed by atoms with Crippen LogP contribution in [0, 0.1) is 13.8 Å². The molecule has 0 spiro atoms. The van der Waals surface area contributed by atoms with Crippen molar-refractivity contribution in [2.75, 3.05) is 19.5 Å². The second kappa shape index (κ2) is 6.46. The Morgan fingerprint density at radius 3 is 2.19 bits per heavy atom. The van der Waals surface area contributed by atoms with Gasteiger partial charge in [0.15, 0.2) is 0 Å². The van der Waals surface area contributed by atoms with E-state index >= 15 is 0 Å². The molecule has 2 rings (SSSR count). The molecule has 0 saturated heterocycles. The summed E-state index contributed by atoms with van der Waals surface area (Å²) in [4.78, 5) is 8.34. The van der Waals surface area contributed by atoms with Gasteiger partial charge in [-0.05, 0) is 25.4 Å². The van der Waals surface area contributed by atoms with Crippen LogP contribution in [0.15, 0.2) is 12.1 Å². The number of rotatable bonds is 4. The van der Waals surface area contributed by atoms with E-state index < -0.39 is 0 Å². The Morgan fingerprint density at radius 1 is 1.10 bits per heavy atom. The van der Waals surface area contributed by atoms with Crippen molar-refractivity contribution in [3.05, 3.63) is 28.7 Å². The zero-order chi connectivity index (χ0) is 15.6. The average Bonchev–Trinajstić information content (AvgIpc) is 2.45. The molecule has 21 heavy (non-hydrogen) atoms. The van der Waals surface area contributed by atoms with Crippen molar-refractivity contribution in [2.45, 2.75) is 13.8 Å². The van der Waals surface area contributed by atoms with Crippen molar-refractivity contribution in [1.82, 2.24) is 9.97 Å². The number of hydrogen-bond acceptors (Lipinski definition) is 5. The van der Waals surface area contributed by atoms with Crippen LogP contribution < -0.4 is 20.1 Å². The van der Waals surface area contributed by atoms with Gasteiger partial charge in [-0.1, -0.05) is 9.24 Å². The van der Waals surface area contributed by atoms with E-state index in [9.17, 15) is 0 Å². The largest absolute Gasteiger partial charge is 0.496 e. The van der Waals surface area contributed by atoms with Crippen LogP contribution in [0.4, 0.5) is 11.5 Å². The van der Waals surface area contributed by atoms with Crippen molar-refractivity contribution < 1.29 is 9.47 Å². The van der Waals surface area contributed by atoms with Gasteiger partial charge >= 0.3 is 0 Å². The van der Waals surface area contributed by atoms with Crippen LogP contribution >= 0.6 is 20.8 Å². The molecule has 0 aliphatic rings. The summed E-state index contributed by atoms with van der Waals surface area (Å²) >= 11 is 5.92. The van der Waals surface area contributed by atoms with E-state index in [1.807, 2.05) is 26.0 Å². The minimum absolute atomic E-state index is 0.210. The smallest absolute Gasteiger partial charge is 0.224 e. The van der Waals surface area contributed by atoms with Gasteiger partial charge < -0.3 is 14.8 Å². The Kier molecular flexibility index (Phi) is 4.86. The highest BCUT2D eigenvalue weighted by Gasteiger charge is 2.11. The Labute approximate surface area is 131 Å². The zero-order valence-electron chi connectivity index (χ0n) is 12.3. The summed E-state index contributed by atoms with van der Waals surface area (Å²) < 4.78 is 10.7. The van der Waals surface area contributed by atoms with Crippen molar-refractivity contribution in [3.63, 3.8) is 0 Å². The SMILES string of the molecule is COc1cc(Nc2nc(Cl)nc(C)c2C)cc(OC)c1P. The summed E-state index contributed by atoms with van der Waals surface area (Å²) in [6.45, 7) is 3.83. The highest BCUT2D eigenvalue weighted by molar-refractivity contribution is 7.28. The van der Waals surface area contributed by atoms with Gasteiger partial charge in [0, 0.05) is 29.1 Å². The number of hydrogen-bond donors (Lipinski definition) is 1. The Morgan fingerprint density at radius 2 is 1.67 bits per heavy atom. The lowest BCUT2D eigenvalue weighted by molar-refractivity contribution is 0.401. The number of benzene rings is 1. The summed E-state index contributed by atoms with van der Waals surface area (Å²) in [7, 11) is 5.83. The van der Waals surface area contributed by atoms with Gasteiger partial charge in [-0.15, -0.1) is 0 Å². The molecule has 1 heterocycles. The van der Waals surface area contributed by atoms with Gasteiger partial charge in [-0.25, -0.2) is 9.97 Å². The first kappa shape index (κ1) is 15.8. The molecule has 1 atom stereocenters. The molecule has 7 heteroatoms. The average molecular weight is 326 g/mol. The summed E-state index contributed by atoms with van der Waals surface area (Å²) in [6.07, 6.45) is 0. The molecule has 0 radical (unpaired) electrons. The maximum atomic E-state index is 5.92. The van der Waals surface area contributed by atoms with E-state index in [1.54, 1.807) is 14.2 Å². The molecule has 2 aromatic rings. The van der Waals surface area contributed by atoms with Crippen molar-refractivity contribution in [1.29, 1.82) is 0 Å². The highest BCUT2D eigenvalue weighted by Crippen LogP contribution is 2.29. The fourth-order valence-electron chi connectivity index (χ4n) is 1.86. The lowest BCUT2D eigenvalue weighted by Crippen LogP contribution is -2.06. The molecule has 1 N–H and O–H groups in total.